The molecule has 2 amide bonds. The first-order chi connectivity index (χ1) is 15.8. The van der Waals surface area contributed by atoms with Crippen LogP contribution < -0.4 is 14.8 Å². The molecule has 1 aliphatic heterocycles. The molecule has 1 aromatic heterocycles. The summed E-state index contributed by atoms with van der Waals surface area (Å²) in [6, 6.07) is 11.5. The molecule has 0 spiro atoms. The molecule has 0 saturated carbocycles. The number of benzene rings is 2. The van der Waals surface area contributed by atoms with E-state index >= 15 is 0 Å². The number of hydrogen-bond donors (Lipinski definition) is 1. The Balaban J connectivity index is 1.40. The molecule has 1 N–H and O–H groups in total. The fraction of sp³-hybridized carbons (Fsp3) is 0.391. The molecular weight excluding hydrogens is 437 g/mol. The van der Waals surface area contributed by atoms with Gasteiger partial charge in [-0.05, 0) is 43.0 Å². The predicted molar refractivity (Wildman–Crippen MR) is 118 cm³/mol. The number of fused-ring (bicyclic) bond motifs is 1. The van der Waals surface area contributed by atoms with Crippen LogP contribution in [0.1, 0.15) is 18.7 Å². The third-order valence-electron chi connectivity index (χ3n) is 5.89. The van der Waals surface area contributed by atoms with Crippen molar-refractivity contribution in [3.63, 3.8) is 0 Å². The number of piperidine rings is 1. The van der Waals surface area contributed by atoms with Crippen molar-refractivity contribution in [2.24, 2.45) is 5.92 Å². The highest BCUT2D eigenvalue weighted by Crippen LogP contribution is 2.33. The van der Waals surface area contributed by atoms with E-state index in [4.69, 9.17) is 9.47 Å². The maximum Gasteiger partial charge on any atom is 0.449 e. The summed E-state index contributed by atoms with van der Waals surface area (Å²) >= 11 is 0. The standard InChI is InChI=1S/C23H25F3N4O3/c1-32-19-8-7-16(13-20(19)33-2)27-22(31)29-11-9-15(10-12-29)14-30-18-6-4-3-5-17(18)28-21(30)23(24,25)26/h3-8,13,15H,9-12,14H2,1-2H3,(H,27,31). The fourth-order valence-electron chi connectivity index (χ4n) is 4.17. The first-order valence-corrected chi connectivity index (χ1v) is 10.6. The van der Waals surface area contributed by atoms with Gasteiger partial charge in [0.15, 0.2) is 11.5 Å². The molecule has 4 rings (SSSR count). The Morgan fingerprint density at radius 3 is 2.45 bits per heavy atom. The first-order valence-electron chi connectivity index (χ1n) is 10.6. The molecule has 2 aromatic carbocycles. The Kier molecular flexibility index (Phi) is 6.35. The third kappa shape index (κ3) is 4.84. The van der Waals surface area contributed by atoms with Crippen LogP contribution >= 0.6 is 0 Å². The second-order valence-electron chi connectivity index (χ2n) is 7.96. The number of carbonyl (C=O) groups excluding carboxylic acids is 1. The van der Waals surface area contributed by atoms with E-state index in [1.54, 1.807) is 47.4 Å². The lowest BCUT2D eigenvalue weighted by molar-refractivity contribution is -0.147. The smallest absolute Gasteiger partial charge is 0.449 e. The van der Waals surface area contributed by atoms with E-state index in [0.717, 1.165) is 0 Å². The van der Waals surface area contributed by atoms with Gasteiger partial charge in [0.1, 0.15) is 0 Å². The van der Waals surface area contributed by atoms with Crippen molar-refractivity contribution in [2.45, 2.75) is 25.6 Å². The van der Waals surface area contributed by atoms with E-state index in [1.807, 2.05) is 0 Å². The lowest BCUT2D eigenvalue weighted by Crippen LogP contribution is -2.41. The van der Waals surface area contributed by atoms with Crippen molar-refractivity contribution in [3.05, 3.63) is 48.3 Å². The highest BCUT2D eigenvalue weighted by Gasteiger charge is 2.38. The Labute approximate surface area is 189 Å². The largest absolute Gasteiger partial charge is 0.493 e. The number of rotatable bonds is 5. The van der Waals surface area contributed by atoms with Gasteiger partial charge in [0.2, 0.25) is 5.82 Å². The number of anilines is 1. The molecule has 0 radical (unpaired) electrons. The number of methoxy groups -OCH3 is 2. The molecule has 176 valence electrons. The molecule has 1 saturated heterocycles. The normalized spacial score (nSPS) is 15.0. The molecule has 1 fully saturated rings. The van der Waals surface area contributed by atoms with Crippen molar-refractivity contribution in [1.29, 1.82) is 0 Å². The van der Waals surface area contributed by atoms with Crippen molar-refractivity contribution >= 4 is 22.8 Å². The lowest BCUT2D eigenvalue weighted by Gasteiger charge is -2.32. The summed E-state index contributed by atoms with van der Waals surface area (Å²) in [4.78, 5) is 18.2. The third-order valence-corrected chi connectivity index (χ3v) is 5.89. The van der Waals surface area contributed by atoms with Gasteiger partial charge in [-0.1, -0.05) is 12.1 Å². The number of urea groups is 1. The number of halogens is 3. The Hall–Kier alpha value is -3.43. The Morgan fingerprint density at radius 1 is 1.09 bits per heavy atom. The van der Waals surface area contributed by atoms with Crippen molar-refractivity contribution in [3.8, 4) is 11.5 Å². The topological polar surface area (TPSA) is 68.6 Å². The van der Waals surface area contributed by atoms with Gasteiger partial charge in [0.25, 0.3) is 0 Å². The van der Waals surface area contributed by atoms with Gasteiger partial charge in [-0.2, -0.15) is 13.2 Å². The number of nitrogens with one attached hydrogen (secondary N) is 1. The minimum absolute atomic E-state index is 0.00818. The molecule has 2 heterocycles. The van der Waals surface area contributed by atoms with Crippen molar-refractivity contribution < 1.29 is 27.4 Å². The van der Waals surface area contributed by atoms with Crippen LogP contribution in [0, 0.1) is 5.92 Å². The van der Waals surface area contributed by atoms with Gasteiger partial charge in [-0.25, -0.2) is 9.78 Å². The van der Waals surface area contributed by atoms with Crippen LogP contribution in [-0.2, 0) is 12.7 Å². The van der Waals surface area contributed by atoms with Crippen LogP contribution in [0.25, 0.3) is 11.0 Å². The highest BCUT2D eigenvalue weighted by atomic mass is 19.4. The number of ether oxygens (including phenoxy) is 2. The average Bonchev–Trinajstić information content (AvgIpc) is 3.18. The van der Waals surface area contributed by atoms with Gasteiger partial charge >= 0.3 is 12.2 Å². The summed E-state index contributed by atoms with van der Waals surface area (Å²) in [6.07, 6.45) is -3.33. The van der Waals surface area contributed by atoms with Gasteiger partial charge in [0.05, 0.1) is 25.3 Å². The zero-order valence-corrected chi connectivity index (χ0v) is 18.4. The fourth-order valence-corrected chi connectivity index (χ4v) is 4.17. The predicted octanol–water partition coefficient (Wildman–Crippen LogP) is 5.02. The quantitative estimate of drug-likeness (QED) is 0.578. The van der Waals surface area contributed by atoms with E-state index in [1.165, 1.54) is 18.8 Å². The van der Waals surface area contributed by atoms with Gasteiger partial charge in [0, 0.05) is 31.4 Å². The number of amides is 2. The molecule has 33 heavy (non-hydrogen) atoms. The molecule has 1 aliphatic rings. The summed E-state index contributed by atoms with van der Waals surface area (Å²) < 4.78 is 52.4. The summed E-state index contributed by atoms with van der Waals surface area (Å²) in [5.41, 5.74) is 1.37. The van der Waals surface area contributed by atoms with E-state index < -0.39 is 12.0 Å². The maximum atomic E-state index is 13.6. The molecule has 7 nitrogen and oxygen atoms in total. The van der Waals surface area contributed by atoms with Crippen LogP contribution in [0.3, 0.4) is 0 Å². The number of hydrogen-bond acceptors (Lipinski definition) is 4. The molecule has 0 unspecified atom stereocenters. The van der Waals surface area contributed by atoms with Gasteiger partial charge < -0.3 is 24.3 Å². The van der Waals surface area contributed by atoms with E-state index in [2.05, 4.69) is 10.3 Å². The maximum absolute atomic E-state index is 13.6. The number of alkyl halides is 3. The number of likely N-dealkylation sites (tertiary alicyclic amines) is 1. The average molecular weight is 462 g/mol. The number of aromatic nitrogens is 2. The van der Waals surface area contributed by atoms with Crippen LogP contribution in [0.5, 0.6) is 11.5 Å². The Bertz CT molecular complexity index is 1140. The molecule has 3 aromatic rings. The van der Waals surface area contributed by atoms with Gasteiger partial charge in [-0.3, -0.25) is 0 Å². The van der Waals surface area contributed by atoms with Crippen LogP contribution in [0.2, 0.25) is 0 Å². The van der Waals surface area contributed by atoms with E-state index in [-0.39, 0.29) is 18.5 Å². The second kappa shape index (κ2) is 9.21. The van der Waals surface area contributed by atoms with E-state index in [0.29, 0.717) is 54.2 Å². The molecular formula is C23H25F3N4O3. The zero-order chi connectivity index (χ0) is 23.6. The summed E-state index contributed by atoms with van der Waals surface area (Å²) in [5.74, 6) is 0.190. The van der Waals surface area contributed by atoms with Crippen molar-refractivity contribution in [1.82, 2.24) is 14.5 Å². The molecule has 10 heteroatoms. The first kappa shape index (κ1) is 22.8. The number of para-hydroxylation sites is 2. The monoisotopic (exact) mass is 462 g/mol. The van der Waals surface area contributed by atoms with Crippen LogP contribution in [0.15, 0.2) is 42.5 Å². The number of imidazole rings is 1. The minimum Gasteiger partial charge on any atom is -0.493 e. The SMILES string of the molecule is COc1ccc(NC(=O)N2CCC(Cn3c(C(F)(F)F)nc4ccccc43)CC2)cc1OC. The highest BCUT2D eigenvalue weighted by molar-refractivity contribution is 5.89. The zero-order valence-electron chi connectivity index (χ0n) is 18.4. The summed E-state index contributed by atoms with van der Waals surface area (Å²) in [5, 5.41) is 2.84. The molecule has 0 aliphatic carbocycles. The number of carbonyl (C=O) groups is 1. The summed E-state index contributed by atoms with van der Waals surface area (Å²) in [6.45, 7) is 1.12. The van der Waals surface area contributed by atoms with Crippen molar-refractivity contribution in [2.75, 3.05) is 32.6 Å². The van der Waals surface area contributed by atoms with Crippen LogP contribution in [-0.4, -0.2) is 47.8 Å². The molecule has 0 bridgehead atoms. The van der Waals surface area contributed by atoms with E-state index in [9.17, 15) is 18.0 Å². The van der Waals surface area contributed by atoms with Gasteiger partial charge in [-0.15, -0.1) is 0 Å². The number of nitrogens with zero attached hydrogens (tertiary/aromatic N) is 3. The Morgan fingerprint density at radius 2 is 1.79 bits per heavy atom. The summed E-state index contributed by atoms with van der Waals surface area (Å²) in [7, 11) is 3.05. The lowest BCUT2D eigenvalue weighted by atomic mass is 9.96. The second-order valence-corrected chi connectivity index (χ2v) is 7.96. The molecule has 0 atom stereocenters. The van der Waals surface area contributed by atoms with Crippen LogP contribution in [0.4, 0.5) is 23.7 Å². The minimum atomic E-state index is -4.53.